The highest BCUT2D eigenvalue weighted by Crippen LogP contribution is 2.13. The molecule has 88 valence electrons. The van der Waals surface area contributed by atoms with Gasteiger partial charge in [0.25, 0.3) is 0 Å². The van der Waals surface area contributed by atoms with E-state index in [-0.39, 0.29) is 12.6 Å². The molecule has 0 radical (unpaired) electrons. The molecule has 0 aromatic carbocycles. The molecule has 0 aliphatic carbocycles. The molecular weight excluding hydrogens is 204 g/mol. The maximum atomic E-state index is 9.27. The maximum Gasteiger partial charge on any atom is 0.225 e. The third-order valence-electron chi connectivity index (χ3n) is 3.05. The number of rotatable bonds is 2. The van der Waals surface area contributed by atoms with Crippen LogP contribution in [-0.2, 0) is 0 Å². The van der Waals surface area contributed by atoms with E-state index >= 15 is 0 Å². The lowest BCUT2D eigenvalue weighted by Crippen LogP contribution is -2.53. The molecule has 0 saturated carbocycles. The molecule has 1 aromatic heterocycles. The van der Waals surface area contributed by atoms with Crippen LogP contribution in [0, 0.1) is 6.92 Å². The summed E-state index contributed by atoms with van der Waals surface area (Å²) in [6, 6.07) is 2.07. The van der Waals surface area contributed by atoms with Gasteiger partial charge in [-0.1, -0.05) is 0 Å². The molecule has 1 fully saturated rings. The first-order chi connectivity index (χ1) is 7.70. The Bertz CT molecular complexity index is 358. The quantitative estimate of drug-likeness (QED) is 0.757. The molecule has 1 atom stereocenters. The summed E-state index contributed by atoms with van der Waals surface area (Å²) < 4.78 is 0. The van der Waals surface area contributed by atoms with Gasteiger partial charge < -0.3 is 10.0 Å². The van der Waals surface area contributed by atoms with Gasteiger partial charge in [-0.2, -0.15) is 0 Å². The van der Waals surface area contributed by atoms with Crippen molar-refractivity contribution in [2.24, 2.45) is 0 Å². The smallest absolute Gasteiger partial charge is 0.225 e. The van der Waals surface area contributed by atoms with Crippen molar-refractivity contribution >= 4 is 5.95 Å². The highest BCUT2D eigenvalue weighted by atomic mass is 16.3. The number of hydrogen-bond donors (Lipinski definition) is 1. The van der Waals surface area contributed by atoms with Gasteiger partial charge >= 0.3 is 0 Å². The first-order valence-corrected chi connectivity index (χ1v) is 5.56. The van der Waals surface area contributed by atoms with Gasteiger partial charge in [-0.3, -0.25) is 4.90 Å². The van der Waals surface area contributed by atoms with Gasteiger partial charge in [0, 0.05) is 31.5 Å². The second-order valence-corrected chi connectivity index (χ2v) is 4.26. The average Bonchev–Trinajstić information content (AvgIpc) is 2.29. The number of hydrogen-bond acceptors (Lipinski definition) is 5. The third kappa shape index (κ3) is 2.31. The number of aryl methyl sites for hydroxylation is 1. The van der Waals surface area contributed by atoms with E-state index in [1.807, 2.05) is 20.0 Å². The Balaban J connectivity index is 2.11. The van der Waals surface area contributed by atoms with Gasteiger partial charge in [-0.05, 0) is 20.0 Å². The van der Waals surface area contributed by atoms with Crippen molar-refractivity contribution in [1.29, 1.82) is 0 Å². The topological polar surface area (TPSA) is 52.5 Å². The van der Waals surface area contributed by atoms with Crippen molar-refractivity contribution in [1.82, 2.24) is 14.9 Å². The van der Waals surface area contributed by atoms with Crippen molar-refractivity contribution in [3.8, 4) is 0 Å². The average molecular weight is 222 g/mol. The summed E-state index contributed by atoms with van der Waals surface area (Å²) in [7, 11) is 2.04. The van der Waals surface area contributed by atoms with E-state index in [1.165, 1.54) is 0 Å². The zero-order valence-corrected chi connectivity index (χ0v) is 9.80. The number of likely N-dealkylation sites (N-methyl/N-ethyl adjacent to an activating group) is 1. The zero-order valence-electron chi connectivity index (χ0n) is 9.80. The SMILES string of the molecule is Cc1ccnc(N2CCN(C)C(CO)C2)n1. The molecule has 16 heavy (non-hydrogen) atoms. The summed E-state index contributed by atoms with van der Waals surface area (Å²) in [6.45, 7) is 4.78. The van der Waals surface area contributed by atoms with Crippen LogP contribution < -0.4 is 4.90 Å². The summed E-state index contributed by atoms with van der Waals surface area (Å²) in [5, 5.41) is 9.27. The van der Waals surface area contributed by atoms with Crippen LogP contribution in [-0.4, -0.2) is 59.3 Å². The zero-order chi connectivity index (χ0) is 11.5. The predicted octanol–water partition coefficient (Wildman–Crippen LogP) is -0.102. The van der Waals surface area contributed by atoms with E-state index in [0.717, 1.165) is 31.3 Å². The molecule has 0 spiro atoms. The lowest BCUT2D eigenvalue weighted by Gasteiger charge is -2.38. The van der Waals surface area contributed by atoms with Crippen molar-refractivity contribution in [3.05, 3.63) is 18.0 Å². The molecule has 0 amide bonds. The number of aliphatic hydroxyl groups excluding tert-OH is 1. The van der Waals surface area contributed by atoms with Crippen LogP contribution in [0.15, 0.2) is 12.3 Å². The minimum Gasteiger partial charge on any atom is -0.395 e. The molecule has 2 heterocycles. The van der Waals surface area contributed by atoms with E-state index in [0.29, 0.717) is 0 Å². The van der Waals surface area contributed by atoms with Crippen LogP contribution >= 0.6 is 0 Å². The molecular formula is C11H18N4O. The Morgan fingerprint density at radius 2 is 2.31 bits per heavy atom. The number of aromatic nitrogens is 2. The fraction of sp³-hybridized carbons (Fsp3) is 0.636. The van der Waals surface area contributed by atoms with Crippen molar-refractivity contribution < 1.29 is 5.11 Å². The van der Waals surface area contributed by atoms with E-state index < -0.39 is 0 Å². The lowest BCUT2D eigenvalue weighted by molar-refractivity contribution is 0.135. The second kappa shape index (κ2) is 4.76. The number of nitrogens with zero attached hydrogens (tertiary/aromatic N) is 4. The standard InChI is InChI=1S/C11H18N4O/c1-9-3-4-12-11(13-9)15-6-5-14(2)10(7-15)8-16/h3-4,10,16H,5-8H2,1-2H3. The van der Waals surface area contributed by atoms with Crippen LogP contribution in [0.3, 0.4) is 0 Å². The predicted molar refractivity (Wildman–Crippen MR) is 62.5 cm³/mol. The van der Waals surface area contributed by atoms with E-state index in [4.69, 9.17) is 0 Å². The number of piperazine rings is 1. The lowest BCUT2D eigenvalue weighted by atomic mass is 10.2. The molecule has 1 aliphatic rings. The van der Waals surface area contributed by atoms with Crippen LogP contribution in [0.25, 0.3) is 0 Å². The van der Waals surface area contributed by atoms with Crippen molar-refractivity contribution in [2.75, 3.05) is 38.2 Å². The van der Waals surface area contributed by atoms with Crippen molar-refractivity contribution in [3.63, 3.8) is 0 Å². The van der Waals surface area contributed by atoms with Crippen LogP contribution in [0.4, 0.5) is 5.95 Å². The highest BCUT2D eigenvalue weighted by molar-refractivity contribution is 5.31. The Morgan fingerprint density at radius 3 is 3.00 bits per heavy atom. The third-order valence-corrected chi connectivity index (χ3v) is 3.05. The summed E-state index contributed by atoms with van der Waals surface area (Å²) >= 11 is 0. The first kappa shape index (κ1) is 11.3. The molecule has 5 nitrogen and oxygen atoms in total. The Morgan fingerprint density at radius 1 is 1.50 bits per heavy atom. The van der Waals surface area contributed by atoms with Crippen LogP contribution in [0.2, 0.25) is 0 Å². The van der Waals surface area contributed by atoms with Gasteiger partial charge in [-0.15, -0.1) is 0 Å². The second-order valence-electron chi connectivity index (χ2n) is 4.26. The van der Waals surface area contributed by atoms with Gasteiger partial charge in [-0.25, -0.2) is 9.97 Å². The number of aliphatic hydroxyl groups is 1. The molecule has 1 aromatic rings. The Labute approximate surface area is 95.7 Å². The highest BCUT2D eigenvalue weighted by Gasteiger charge is 2.24. The van der Waals surface area contributed by atoms with Gasteiger partial charge in [0.1, 0.15) is 0 Å². The van der Waals surface area contributed by atoms with Gasteiger partial charge in [0.05, 0.1) is 12.6 Å². The normalized spacial score (nSPS) is 22.4. The molecule has 0 bridgehead atoms. The largest absolute Gasteiger partial charge is 0.395 e. The van der Waals surface area contributed by atoms with E-state index in [9.17, 15) is 5.11 Å². The summed E-state index contributed by atoms with van der Waals surface area (Å²) in [5.41, 5.74) is 0.976. The molecule has 1 unspecified atom stereocenters. The van der Waals surface area contributed by atoms with E-state index in [1.54, 1.807) is 6.20 Å². The van der Waals surface area contributed by atoms with Crippen LogP contribution in [0.5, 0.6) is 0 Å². The fourth-order valence-corrected chi connectivity index (χ4v) is 1.91. The summed E-state index contributed by atoms with van der Waals surface area (Å²) in [6.07, 6.45) is 1.78. The maximum absolute atomic E-state index is 9.27. The van der Waals surface area contributed by atoms with E-state index in [2.05, 4.69) is 19.8 Å². The molecule has 1 aliphatic heterocycles. The minimum atomic E-state index is 0.179. The molecule has 1 saturated heterocycles. The number of anilines is 1. The molecule has 5 heteroatoms. The summed E-state index contributed by atoms with van der Waals surface area (Å²) in [5.74, 6) is 0.770. The summed E-state index contributed by atoms with van der Waals surface area (Å²) in [4.78, 5) is 13.0. The first-order valence-electron chi connectivity index (χ1n) is 5.56. The Hall–Kier alpha value is -1.20. The molecule has 1 N–H and O–H groups in total. The van der Waals surface area contributed by atoms with Gasteiger partial charge in [0.15, 0.2) is 0 Å². The monoisotopic (exact) mass is 222 g/mol. The van der Waals surface area contributed by atoms with Gasteiger partial charge in [0.2, 0.25) is 5.95 Å². The Kier molecular flexibility index (Phi) is 3.36. The fourth-order valence-electron chi connectivity index (χ4n) is 1.91. The molecule has 2 rings (SSSR count). The van der Waals surface area contributed by atoms with Crippen molar-refractivity contribution in [2.45, 2.75) is 13.0 Å². The van der Waals surface area contributed by atoms with Crippen LogP contribution in [0.1, 0.15) is 5.69 Å². The minimum absolute atomic E-state index is 0.179.